The predicted octanol–water partition coefficient (Wildman–Crippen LogP) is 5.28. The van der Waals surface area contributed by atoms with E-state index in [1.807, 2.05) is 48.0 Å². The summed E-state index contributed by atoms with van der Waals surface area (Å²) in [5.41, 5.74) is 1.66. The highest BCUT2D eigenvalue weighted by molar-refractivity contribution is 8.18. The molecule has 0 bridgehead atoms. The van der Waals surface area contributed by atoms with Gasteiger partial charge in [0.1, 0.15) is 5.75 Å². The third-order valence-corrected chi connectivity index (χ3v) is 8.55. The Morgan fingerprint density at radius 1 is 1.02 bits per heavy atom. The molecule has 4 aromatic rings. The Balaban J connectivity index is 1.21. The van der Waals surface area contributed by atoms with Crippen molar-refractivity contribution in [1.29, 1.82) is 0 Å². The fourth-order valence-corrected chi connectivity index (χ4v) is 6.05. The van der Waals surface area contributed by atoms with Gasteiger partial charge < -0.3 is 10.1 Å². The van der Waals surface area contributed by atoms with Gasteiger partial charge in [0.15, 0.2) is 5.17 Å². The molecule has 1 aliphatic heterocycles. The lowest BCUT2D eigenvalue weighted by molar-refractivity contribution is -0.384. The molecule has 0 saturated heterocycles. The van der Waals surface area contributed by atoms with Crippen LogP contribution >= 0.6 is 11.8 Å². The fourth-order valence-electron chi connectivity index (χ4n) is 4.24. The average molecular weight is 617 g/mol. The van der Waals surface area contributed by atoms with Gasteiger partial charge in [0.2, 0.25) is 5.91 Å². The number of sulfonamides is 1. The Morgan fingerprint density at radius 2 is 1.70 bits per heavy atom. The number of nitrogens with zero attached hydrogens (tertiary/aromatic N) is 2. The summed E-state index contributed by atoms with van der Waals surface area (Å²) in [6.07, 6.45) is 1.54. The minimum absolute atomic E-state index is 0.221. The summed E-state index contributed by atoms with van der Waals surface area (Å²) in [4.78, 5) is 39.5. The number of thioether (sulfide) groups is 1. The molecular formula is C30H24N4O7S2. The van der Waals surface area contributed by atoms with E-state index >= 15 is 0 Å². The molecule has 43 heavy (non-hydrogen) atoms. The number of carbonyl (C=O) groups excluding carboxylic acids is 2. The highest BCUT2D eigenvalue weighted by Gasteiger charge is 2.23. The molecule has 0 aromatic heterocycles. The van der Waals surface area contributed by atoms with Gasteiger partial charge in [0.05, 0.1) is 27.8 Å². The number of hydrogen-bond donors (Lipinski definition) is 2. The van der Waals surface area contributed by atoms with Crippen molar-refractivity contribution in [2.45, 2.75) is 18.2 Å². The molecular weight excluding hydrogens is 592 g/mol. The molecule has 0 unspecified atom stereocenters. The van der Waals surface area contributed by atoms with E-state index in [1.165, 1.54) is 11.8 Å². The van der Waals surface area contributed by atoms with Crippen LogP contribution in [0.25, 0.3) is 16.8 Å². The zero-order valence-electron chi connectivity index (χ0n) is 22.6. The van der Waals surface area contributed by atoms with Crippen LogP contribution in [0.5, 0.6) is 5.75 Å². The summed E-state index contributed by atoms with van der Waals surface area (Å²) in [5, 5.41) is 16.3. The van der Waals surface area contributed by atoms with Crippen molar-refractivity contribution in [3.05, 3.63) is 111 Å². The number of fused-ring (bicyclic) bond motifs is 1. The molecule has 11 nitrogen and oxygen atoms in total. The van der Waals surface area contributed by atoms with E-state index < -0.39 is 20.9 Å². The lowest BCUT2D eigenvalue weighted by Gasteiger charge is -2.10. The molecule has 0 radical (unpaired) electrons. The van der Waals surface area contributed by atoms with E-state index in [2.05, 4.69) is 10.3 Å². The Labute approximate surface area is 250 Å². The zero-order valence-corrected chi connectivity index (χ0v) is 24.3. The fraction of sp³-hybridized carbons (Fsp3) is 0.100. The third-order valence-electron chi connectivity index (χ3n) is 6.26. The van der Waals surface area contributed by atoms with E-state index in [4.69, 9.17) is 4.74 Å². The predicted molar refractivity (Wildman–Crippen MR) is 165 cm³/mol. The van der Waals surface area contributed by atoms with Crippen molar-refractivity contribution in [3.63, 3.8) is 0 Å². The van der Waals surface area contributed by atoms with Crippen LogP contribution in [-0.2, 0) is 26.0 Å². The maximum atomic E-state index is 12.7. The van der Waals surface area contributed by atoms with Gasteiger partial charge in [-0.25, -0.2) is 13.1 Å². The van der Waals surface area contributed by atoms with Crippen molar-refractivity contribution in [3.8, 4) is 5.75 Å². The van der Waals surface area contributed by atoms with Gasteiger partial charge in [0.25, 0.3) is 21.6 Å². The number of amidine groups is 1. The van der Waals surface area contributed by atoms with Gasteiger partial charge in [-0.2, -0.15) is 4.99 Å². The summed E-state index contributed by atoms with van der Waals surface area (Å²) in [7, 11) is -4.19. The van der Waals surface area contributed by atoms with Crippen LogP contribution in [0.15, 0.2) is 99.7 Å². The van der Waals surface area contributed by atoms with Gasteiger partial charge in [-0.05, 0) is 77.5 Å². The van der Waals surface area contributed by atoms with Gasteiger partial charge in [-0.3, -0.25) is 19.7 Å². The molecule has 0 fully saturated rings. The summed E-state index contributed by atoms with van der Waals surface area (Å²) >= 11 is 1.19. The first-order valence-corrected chi connectivity index (χ1v) is 15.3. The maximum absolute atomic E-state index is 12.7. The molecule has 2 amide bonds. The van der Waals surface area contributed by atoms with Crippen LogP contribution < -0.4 is 14.8 Å². The molecule has 5 rings (SSSR count). The molecule has 1 aliphatic rings. The Bertz CT molecular complexity index is 1900. The molecule has 13 heteroatoms. The van der Waals surface area contributed by atoms with Crippen LogP contribution in [0.2, 0.25) is 0 Å². The van der Waals surface area contributed by atoms with Crippen LogP contribution in [0.3, 0.4) is 0 Å². The van der Waals surface area contributed by atoms with E-state index in [-0.39, 0.29) is 22.9 Å². The van der Waals surface area contributed by atoms with Crippen molar-refractivity contribution < 1.29 is 27.7 Å². The summed E-state index contributed by atoms with van der Waals surface area (Å²) in [5.74, 6) is -0.482. The van der Waals surface area contributed by atoms with Crippen LogP contribution in [0.1, 0.15) is 18.1 Å². The molecule has 4 aromatic carbocycles. The second kappa shape index (κ2) is 12.5. The van der Waals surface area contributed by atoms with Gasteiger partial charge in [0, 0.05) is 23.4 Å². The van der Waals surface area contributed by atoms with E-state index in [1.54, 1.807) is 30.3 Å². The molecule has 2 N–H and O–H groups in total. The number of ether oxygens (including phenoxy) is 1. The van der Waals surface area contributed by atoms with Crippen LogP contribution in [-0.4, -0.2) is 36.9 Å². The number of amides is 2. The topological polar surface area (TPSA) is 157 Å². The lowest BCUT2D eigenvalue weighted by Crippen LogP contribution is -2.31. The minimum Gasteiger partial charge on any atom is -0.493 e. The molecule has 0 aliphatic carbocycles. The average Bonchev–Trinajstić information content (AvgIpc) is 3.32. The normalized spacial score (nSPS) is 14.0. The summed E-state index contributed by atoms with van der Waals surface area (Å²) in [6.45, 7) is 2.38. The second-order valence-electron chi connectivity index (χ2n) is 9.28. The number of nitro benzene ring substituents is 1. The number of aliphatic imine (C=N–C) groups is 1. The van der Waals surface area contributed by atoms with E-state index in [9.17, 15) is 28.1 Å². The smallest absolute Gasteiger partial charge is 0.286 e. The number of carbonyl (C=O) groups is 2. The van der Waals surface area contributed by atoms with Gasteiger partial charge in [-0.1, -0.05) is 36.4 Å². The van der Waals surface area contributed by atoms with Crippen LogP contribution in [0.4, 0.5) is 11.4 Å². The van der Waals surface area contributed by atoms with Gasteiger partial charge >= 0.3 is 0 Å². The number of anilines is 1. The number of rotatable bonds is 9. The number of non-ortho nitro benzene ring substituents is 1. The first-order chi connectivity index (χ1) is 20.6. The SMILES string of the molecule is CCOc1cc2ccccc2cc1C=C1SC(Nc2ccc(CC(=O)NS(=O)(=O)c3ccc([N+](=O)[O-])cc3)cc2)=NC1=O. The Kier molecular flexibility index (Phi) is 8.55. The summed E-state index contributed by atoms with van der Waals surface area (Å²) in [6, 6.07) is 22.7. The number of nitro groups is 1. The Hall–Kier alpha value is -5.01. The van der Waals surface area contributed by atoms with Crippen molar-refractivity contribution >= 4 is 67.0 Å². The first-order valence-electron chi connectivity index (χ1n) is 13.0. The number of benzene rings is 4. The molecule has 218 valence electrons. The second-order valence-corrected chi connectivity index (χ2v) is 12.0. The molecule has 0 spiro atoms. The van der Waals surface area contributed by atoms with Crippen molar-refractivity contribution in [1.82, 2.24) is 4.72 Å². The monoisotopic (exact) mass is 616 g/mol. The highest BCUT2D eigenvalue weighted by Crippen LogP contribution is 2.34. The van der Waals surface area contributed by atoms with E-state index in [0.717, 1.165) is 40.6 Å². The van der Waals surface area contributed by atoms with Crippen molar-refractivity contribution in [2.75, 3.05) is 11.9 Å². The molecule has 0 atom stereocenters. The standard InChI is InChI=1S/C30H24N4O7S2/c1-2-41-26-17-21-6-4-3-5-20(21)16-22(26)18-27-29(36)32-30(42-27)31-23-9-7-19(8-10-23)15-28(35)33-43(39,40)25-13-11-24(12-14-25)34(37)38/h3-14,16-18H,2,15H2,1H3,(H,33,35)(H,31,32,36). The van der Waals surface area contributed by atoms with Crippen LogP contribution in [0, 0.1) is 10.1 Å². The van der Waals surface area contributed by atoms with Gasteiger partial charge in [-0.15, -0.1) is 0 Å². The molecule has 1 heterocycles. The van der Waals surface area contributed by atoms with Crippen molar-refractivity contribution in [2.24, 2.45) is 4.99 Å². The number of hydrogen-bond acceptors (Lipinski definition) is 9. The number of nitrogens with one attached hydrogen (secondary N) is 2. The quantitative estimate of drug-likeness (QED) is 0.145. The Morgan fingerprint density at radius 3 is 2.35 bits per heavy atom. The zero-order chi connectivity index (χ0) is 30.6. The largest absolute Gasteiger partial charge is 0.493 e. The lowest BCUT2D eigenvalue weighted by atomic mass is 10.1. The minimum atomic E-state index is -4.19. The maximum Gasteiger partial charge on any atom is 0.286 e. The summed E-state index contributed by atoms with van der Waals surface area (Å²) < 4.78 is 32.7. The van der Waals surface area contributed by atoms with E-state index in [0.29, 0.717) is 33.7 Å². The first kappa shape index (κ1) is 29.5. The third kappa shape index (κ3) is 7.08. The highest BCUT2D eigenvalue weighted by atomic mass is 32.2. The molecule has 0 saturated carbocycles.